The van der Waals surface area contributed by atoms with Gasteiger partial charge in [-0.25, -0.2) is 9.37 Å². The molecule has 0 atom stereocenters. The highest BCUT2D eigenvalue weighted by molar-refractivity contribution is 6.33. The molecule has 3 rings (SSSR count). The molecule has 0 radical (unpaired) electrons. The van der Waals surface area contributed by atoms with Crippen LogP contribution in [0.5, 0.6) is 0 Å². The summed E-state index contributed by atoms with van der Waals surface area (Å²) in [7, 11) is 4.59. The molecule has 2 aromatic heterocycles. The average Bonchev–Trinajstić information content (AvgIpc) is 3.04. The maximum absolute atomic E-state index is 14.4. The summed E-state index contributed by atoms with van der Waals surface area (Å²) in [6.45, 7) is 0. The van der Waals surface area contributed by atoms with Crippen molar-refractivity contribution in [3.8, 4) is 11.3 Å². The van der Waals surface area contributed by atoms with Crippen molar-refractivity contribution in [1.82, 2.24) is 14.5 Å². The van der Waals surface area contributed by atoms with Gasteiger partial charge in [-0.1, -0.05) is 11.6 Å². The van der Waals surface area contributed by atoms with Crippen LogP contribution in [0.2, 0.25) is 5.02 Å². The Bertz CT molecular complexity index is 1110. The Morgan fingerprint density at radius 2 is 2.00 bits per heavy atom. The smallest absolute Gasteiger partial charge is 0.291 e. The number of anilines is 2. The van der Waals surface area contributed by atoms with E-state index in [2.05, 4.69) is 15.3 Å². The topological polar surface area (TPSA) is 80.1 Å². The summed E-state index contributed by atoms with van der Waals surface area (Å²) in [6, 6.07) is 5.40. The van der Waals surface area contributed by atoms with E-state index in [0.717, 1.165) is 6.07 Å². The van der Waals surface area contributed by atoms with E-state index in [0.29, 0.717) is 12.0 Å². The second kappa shape index (κ2) is 7.96. The molecular weight excluding hydrogens is 404 g/mol. The molecule has 1 amide bonds. The average molecular weight is 420 g/mol. The summed E-state index contributed by atoms with van der Waals surface area (Å²) in [5, 5.41) is 2.78. The molecule has 1 aromatic carbocycles. The quantitative estimate of drug-likeness (QED) is 0.505. The van der Waals surface area contributed by atoms with E-state index in [9.17, 15) is 18.4 Å². The van der Waals surface area contributed by atoms with Gasteiger partial charge in [0.15, 0.2) is 23.7 Å². The van der Waals surface area contributed by atoms with Gasteiger partial charge in [0.2, 0.25) is 5.95 Å². The number of pyridine rings is 1. The second-order valence-electron chi connectivity index (χ2n) is 6.36. The van der Waals surface area contributed by atoms with E-state index < -0.39 is 17.7 Å². The maximum Gasteiger partial charge on any atom is 0.291 e. The molecule has 2 heterocycles. The van der Waals surface area contributed by atoms with Crippen LogP contribution in [0.3, 0.4) is 0 Å². The summed E-state index contributed by atoms with van der Waals surface area (Å²) in [4.78, 5) is 32.4. The summed E-state index contributed by atoms with van der Waals surface area (Å²) in [5.74, 6) is -2.36. The monoisotopic (exact) mass is 419 g/mol. The van der Waals surface area contributed by atoms with Crippen LogP contribution in [-0.4, -0.2) is 40.8 Å². The molecule has 7 nitrogen and oxygen atoms in total. The third kappa shape index (κ3) is 3.95. The van der Waals surface area contributed by atoms with Gasteiger partial charge < -0.3 is 14.8 Å². The SMILES string of the molecule is CN(C)c1nc(F)c(-c2cnc(C(=O)Nc3ccc(C=O)c(Cl)c3)n2C)cc1F. The molecule has 0 saturated carbocycles. The Hall–Kier alpha value is -3.33. The third-order valence-corrected chi connectivity index (χ3v) is 4.51. The van der Waals surface area contributed by atoms with Gasteiger partial charge in [0.25, 0.3) is 5.91 Å². The summed E-state index contributed by atoms with van der Waals surface area (Å²) >= 11 is 5.95. The van der Waals surface area contributed by atoms with Crippen LogP contribution >= 0.6 is 11.6 Å². The number of carbonyl (C=O) groups excluding carboxylic acids is 2. The number of nitrogens with zero attached hydrogens (tertiary/aromatic N) is 4. The van der Waals surface area contributed by atoms with Gasteiger partial charge in [-0.3, -0.25) is 9.59 Å². The van der Waals surface area contributed by atoms with Crippen LogP contribution in [0.25, 0.3) is 11.3 Å². The highest BCUT2D eigenvalue weighted by Crippen LogP contribution is 2.27. The first-order valence-electron chi connectivity index (χ1n) is 8.34. The maximum atomic E-state index is 14.4. The number of carbonyl (C=O) groups is 2. The van der Waals surface area contributed by atoms with Crippen LogP contribution in [0.15, 0.2) is 30.5 Å². The van der Waals surface area contributed by atoms with Crippen molar-refractivity contribution >= 4 is 35.3 Å². The van der Waals surface area contributed by atoms with Gasteiger partial charge in [-0.2, -0.15) is 9.37 Å². The normalized spacial score (nSPS) is 10.7. The molecule has 0 fully saturated rings. The minimum atomic E-state index is -0.888. The van der Waals surface area contributed by atoms with Crippen molar-refractivity contribution in [2.24, 2.45) is 7.05 Å². The van der Waals surface area contributed by atoms with Crippen molar-refractivity contribution in [1.29, 1.82) is 0 Å². The van der Waals surface area contributed by atoms with Crippen molar-refractivity contribution in [2.75, 3.05) is 24.3 Å². The molecule has 0 aliphatic heterocycles. The highest BCUT2D eigenvalue weighted by Gasteiger charge is 2.21. The van der Waals surface area contributed by atoms with Crippen molar-refractivity contribution < 1.29 is 18.4 Å². The second-order valence-corrected chi connectivity index (χ2v) is 6.77. The van der Waals surface area contributed by atoms with Gasteiger partial charge in [-0.05, 0) is 24.3 Å². The third-order valence-electron chi connectivity index (χ3n) is 4.19. The van der Waals surface area contributed by atoms with Crippen molar-refractivity contribution in [2.45, 2.75) is 0 Å². The molecule has 10 heteroatoms. The van der Waals surface area contributed by atoms with Gasteiger partial charge in [0.1, 0.15) is 0 Å². The van der Waals surface area contributed by atoms with E-state index in [1.165, 1.54) is 40.9 Å². The molecule has 0 saturated heterocycles. The zero-order chi connectivity index (χ0) is 21.3. The Labute approximate surface area is 169 Å². The summed E-state index contributed by atoms with van der Waals surface area (Å²) < 4.78 is 30.0. The number of hydrogen-bond donors (Lipinski definition) is 1. The number of hydrogen-bond acceptors (Lipinski definition) is 5. The zero-order valence-electron chi connectivity index (χ0n) is 15.7. The number of halogens is 3. The minimum absolute atomic E-state index is 0.0351. The number of aldehydes is 1. The molecule has 3 aromatic rings. The first-order chi connectivity index (χ1) is 13.7. The number of nitrogens with one attached hydrogen (secondary N) is 1. The highest BCUT2D eigenvalue weighted by atomic mass is 35.5. The van der Waals surface area contributed by atoms with E-state index >= 15 is 0 Å². The molecule has 1 N–H and O–H groups in total. The number of rotatable bonds is 5. The fraction of sp³-hybridized carbons (Fsp3) is 0.158. The lowest BCUT2D eigenvalue weighted by atomic mass is 10.2. The van der Waals surface area contributed by atoms with E-state index in [1.807, 2.05) is 0 Å². The Morgan fingerprint density at radius 3 is 2.62 bits per heavy atom. The molecule has 0 aliphatic carbocycles. The van der Waals surface area contributed by atoms with Crippen LogP contribution in [0.4, 0.5) is 20.3 Å². The molecule has 29 heavy (non-hydrogen) atoms. The van der Waals surface area contributed by atoms with E-state index in [-0.39, 0.29) is 33.5 Å². The van der Waals surface area contributed by atoms with Crippen LogP contribution in [0, 0.1) is 11.8 Å². The number of aromatic nitrogens is 3. The van der Waals surface area contributed by atoms with Crippen LogP contribution in [0.1, 0.15) is 21.0 Å². The van der Waals surface area contributed by atoms with Crippen molar-refractivity contribution in [3.63, 3.8) is 0 Å². The minimum Gasteiger partial charge on any atom is -0.360 e. The molecule has 150 valence electrons. The molecule has 0 spiro atoms. The summed E-state index contributed by atoms with van der Waals surface area (Å²) in [5.41, 5.74) is 0.693. The first-order valence-corrected chi connectivity index (χ1v) is 8.72. The Balaban J connectivity index is 1.91. The lowest BCUT2D eigenvalue weighted by molar-refractivity contribution is 0.101. The van der Waals surface area contributed by atoms with Gasteiger partial charge in [0, 0.05) is 32.4 Å². The molecule has 0 bridgehead atoms. The molecule has 0 aliphatic rings. The summed E-state index contributed by atoms with van der Waals surface area (Å²) in [6.07, 6.45) is 1.86. The van der Waals surface area contributed by atoms with Gasteiger partial charge >= 0.3 is 0 Å². The zero-order valence-corrected chi connectivity index (χ0v) is 16.5. The predicted molar refractivity (Wildman–Crippen MR) is 105 cm³/mol. The van der Waals surface area contributed by atoms with Crippen molar-refractivity contribution in [3.05, 3.63) is 58.6 Å². The molecular formula is C19H16ClF2N5O2. The predicted octanol–water partition coefficient (Wildman–Crippen LogP) is 3.54. The largest absolute Gasteiger partial charge is 0.360 e. The standard InChI is InChI=1S/C19H16ClF2N5O2/c1-26(2)17-14(21)7-12(16(22)25-17)15-8-23-18(27(15)3)19(29)24-11-5-4-10(9-28)13(20)6-11/h4-9H,1-3H3,(H,24,29). The number of amides is 1. The van der Waals surface area contributed by atoms with Crippen LogP contribution in [-0.2, 0) is 7.05 Å². The van der Waals surface area contributed by atoms with Gasteiger partial charge in [-0.15, -0.1) is 0 Å². The van der Waals surface area contributed by atoms with E-state index in [1.54, 1.807) is 14.1 Å². The van der Waals surface area contributed by atoms with Crippen LogP contribution < -0.4 is 10.2 Å². The van der Waals surface area contributed by atoms with E-state index in [4.69, 9.17) is 11.6 Å². The molecule has 0 unspecified atom stereocenters. The van der Waals surface area contributed by atoms with Gasteiger partial charge in [0.05, 0.1) is 22.5 Å². The lowest BCUT2D eigenvalue weighted by Gasteiger charge is -2.14. The Kier molecular flexibility index (Phi) is 5.60. The number of imidazole rings is 1. The lowest BCUT2D eigenvalue weighted by Crippen LogP contribution is -2.17. The number of benzene rings is 1. The fourth-order valence-electron chi connectivity index (χ4n) is 2.71. The Morgan fingerprint density at radius 1 is 1.28 bits per heavy atom. The fourth-order valence-corrected chi connectivity index (χ4v) is 2.93. The first kappa shape index (κ1) is 20.4.